The first-order valence-electron chi connectivity index (χ1n) is 32.0. The molecule has 21 heteroatoms. The van der Waals surface area contributed by atoms with Crippen LogP contribution in [0.25, 0.3) is 22.3 Å². The average molecular weight is 1200 g/mol. The lowest BCUT2D eigenvalue weighted by atomic mass is 9.73. The first-order chi connectivity index (χ1) is 42.3. The number of benzene rings is 3. The molecule has 8 amide bonds. The minimum absolute atomic E-state index is 0.00140. The molecule has 4 N–H and O–H groups in total. The van der Waals surface area contributed by atoms with Crippen molar-refractivity contribution in [2.45, 2.75) is 173 Å². The molecule has 20 nitrogen and oxygen atoms in total. The Morgan fingerprint density at radius 1 is 0.795 bits per heavy atom. The molecule has 4 saturated heterocycles. The molecule has 0 radical (unpaired) electrons. The van der Waals surface area contributed by atoms with Crippen molar-refractivity contribution in [1.29, 1.82) is 0 Å². The lowest BCUT2D eigenvalue weighted by molar-refractivity contribution is -0.137. The molecule has 1 spiro atoms. The van der Waals surface area contributed by atoms with Gasteiger partial charge in [0.1, 0.15) is 17.4 Å². The summed E-state index contributed by atoms with van der Waals surface area (Å²) >= 11 is 0. The van der Waals surface area contributed by atoms with Gasteiger partial charge in [-0.3, -0.25) is 48.6 Å². The van der Waals surface area contributed by atoms with Crippen molar-refractivity contribution in [3.63, 3.8) is 0 Å². The van der Waals surface area contributed by atoms with Gasteiger partial charge in [0.2, 0.25) is 29.5 Å². The third-order valence-corrected chi connectivity index (χ3v) is 20.3. The predicted octanol–water partition coefficient (Wildman–Crippen LogP) is 8.54. The number of pyridine rings is 1. The maximum atomic E-state index is 16.0. The van der Waals surface area contributed by atoms with Gasteiger partial charge in [-0.05, 0) is 178 Å². The molecule has 462 valence electrons. The number of rotatable bonds is 14. The highest BCUT2D eigenvalue weighted by Gasteiger charge is 2.56. The van der Waals surface area contributed by atoms with Gasteiger partial charge in [0.25, 0.3) is 17.7 Å². The van der Waals surface area contributed by atoms with E-state index >= 15 is 9.18 Å². The second-order valence-electron chi connectivity index (χ2n) is 26.6. The van der Waals surface area contributed by atoms with Crippen molar-refractivity contribution in [3.8, 4) is 11.3 Å². The number of piperidine rings is 3. The molecule has 6 aliphatic heterocycles. The molecule has 13 rings (SSSR count). The minimum Gasteiger partial charge on any atom is -0.382 e. The summed E-state index contributed by atoms with van der Waals surface area (Å²) < 4.78 is 18.0. The van der Waals surface area contributed by atoms with Crippen molar-refractivity contribution in [2.75, 3.05) is 54.8 Å². The molecule has 1 unspecified atom stereocenters. The van der Waals surface area contributed by atoms with Crippen molar-refractivity contribution in [2.24, 2.45) is 11.8 Å². The van der Waals surface area contributed by atoms with Gasteiger partial charge >= 0.3 is 0 Å². The van der Waals surface area contributed by atoms with Crippen LogP contribution in [-0.2, 0) is 29.4 Å². The van der Waals surface area contributed by atoms with Crippen LogP contribution < -0.4 is 26.2 Å². The van der Waals surface area contributed by atoms with Crippen LogP contribution in [-0.4, -0.2) is 151 Å². The van der Waals surface area contributed by atoms with E-state index in [-0.39, 0.29) is 89.3 Å². The van der Waals surface area contributed by atoms with Gasteiger partial charge in [0, 0.05) is 97.6 Å². The number of imidazole rings is 1. The van der Waals surface area contributed by atoms with Crippen molar-refractivity contribution in [3.05, 3.63) is 94.6 Å². The Bertz CT molecular complexity index is 3680. The Morgan fingerprint density at radius 2 is 1.56 bits per heavy atom. The van der Waals surface area contributed by atoms with E-state index in [9.17, 15) is 33.6 Å². The number of anilines is 4. The number of likely N-dealkylation sites (tertiary alicyclic amines) is 3. The highest BCUT2D eigenvalue weighted by molar-refractivity contribution is 6.25. The summed E-state index contributed by atoms with van der Waals surface area (Å²) in [4.78, 5) is 128. The number of imide groups is 2. The first kappa shape index (κ1) is 58.9. The summed E-state index contributed by atoms with van der Waals surface area (Å²) in [5.74, 6) is -2.57. The summed E-state index contributed by atoms with van der Waals surface area (Å²) in [7, 11) is 0. The quantitative estimate of drug-likeness (QED) is 0.0765. The van der Waals surface area contributed by atoms with E-state index in [1.807, 2.05) is 54.2 Å². The summed E-state index contributed by atoms with van der Waals surface area (Å²) in [5, 5.41) is 11.9. The van der Waals surface area contributed by atoms with Gasteiger partial charge in [0.05, 0.1) is 39.8 Å². The number of hydrogen-bond acceptors (Lipinski definition) is 13. The molecular weight excluding hydrogens is 1120 g/mol. The fourth-order valence-electron chi connectivity index (χ4n) is 15.4. The maximum Gasteiger partial charge on any atom is 0.264 e. The zero-order chi connectivity index (χ0) is 61.4. The van der Waals surface area contributed by atoms with Crippen LogP contribution in [0.15, 0.2) is 60.9 Å². The van der Waals surface area contributed by atoms with E-state index < -0.39 is 40.9 Å². The molecule has 5 aromatic rings. The van der Waals surface area contributed by atoms with Crippen LogP contribution in [0.5, 0.6) is 0 Å². The monoisotopic (exact) mass is 1200 g/mol. The summed E-state index contributed by atoms with van der Waals surface area (Å²) in [5.41, 5.74) is 5.64. The molecule has 2 atom stereocenters. The van der Waals surface area contributed by atoms with Crippen molar-refractivity contribution >= 4 is 81.2 Å². The number of aromatic nitrogens is 3. The third kappa shape index (κ3) is 10.7. The van der Waals surface area contributed by atoms with Crippen LogP contribution in [0.1, 0.15) is 172 Å². The number of nitrogens with one attached hydrogen (secondary N) is 4. The highest BCUT2D eigenvalue weighted by atomic mass is 19.1. The van der Waals surface area contributed by atoms with E-state index in [4.69, 9.17) is 9.97 Å². The summed E-state index contributed by atoms with van der Waals surface area (Å²) in [6.07, 6.45) is 12.0. The predicted molar refractivity (Wildman–Crippen MR) is 329 cm³/mol. The van der Waals surface area contributed by atoms with E-state index in [0.717, 1.165) is 54.1 Å². The van der Waals surface area contributed by atoms with Crippen LogP contribution >= 0.6 is 0 Å². The van der Waals surface area contributed by atoms with E-state index in [2.05, 4.69) is 43.2 Å². The number of aryl methyl sites for hydroxylation is 1. The normalized spacial score (nSPS) is 24.6. The van der Waals surface area contributed by atoms with Crippen LogP contribution in [0.2, 0.25) is 0 Å². The van der Waals surface area contributed by atoms with Crippen molar-refractivity contribution in [1.82, 2.24) is 44.8 Å². The molecule has 2 aromatic heterocycles. The molecule has 2 aliphatic carbocycles. The topological polar surface area (TPSA) is 232 Å². The number of nitrogens with zero attached hydrogens (tertiary/aromatic N) is 8. The van der Waals surface area contributed by atoms with Gasteiger partial charge < -0.3 is 40.1 Å². The van der Waals surface area contributed by atoms with Gasteiger partial charge in [-0.1, -0.05) is 24.6 Å². The second-order valence-corrected chi connectivity index (χ2v) is 26.6. The number of fused-ring (bicyclic) bond motifs is 4. The highest BCUT2D eigenvalue weighted by Crippen LogP contribution is 2.53. The maximum absolute atomic E-state index is 16.0. The molecule has 3 aromatic carbocycles. The Labute approximate surface area is 511 Å². The molecule has 88 heavy (non-hydrogen) atoms. The van der Waals surface area contributed by atoms with Crippen LogP contribution in [0.4, 0.5) is 27.3 Å². The van der Waals surface area contributed by atoms with Gasteiger partial charge in [-0.25, -0.2) is 14.4 Å². The van der Waals surface area contributed by atoms with E-state index in [1.54, 1.807) is 31.5 Å². The molecule has 8 aliphatic rings. The minimum atomic E-state index is -1.05. The van der Waals surface area contributed by atoms with E-state index in [0.29, 0.717) is 117 Å². The lowest BCUT2D eigenvalue weighted by Crippen LogP contribution is -2.58. The van der Waals surface area contributed by atoms with Gasteiger partial charge in [0.15, 0.2) is 5.82 Å². The average Bonchev–Trinajstić information content (AvgIpc) is 1.58. The Hall–Kier alpha value is -8.07. The number of hydrogen-bond donors (Lipinski definition) is 4. The Balaban J connectivity index is 0.674. The number of carbonyl (C=O) groups excluding carboxylic acids is 8. The standard InChI is InChI=1S/C67H79FN12O8/c1-37(2)70-61(83)47-33-52(49(68)28-39(47)5)73-60-59-53(69-36-78(59)38(3)4)34-51(72-60)42-14-17-48-55(30-42)79(45-31-44(32-45)75-23-7-6-8-24-75)66(88)67(48)21-26-76(27-22-67)57(82)29-40-20-25-77(35-40)63(85)41-12-15-43(16-13-41)71-50-11-9-10-46-58(50)65(87)80(64(46)86)54-18-19-56(81)74-62(54)84/h9-11,14,17,28,30,33-34,36-38,40-41,43-45,54,71H,6-8,12-13,15-16,18-27,29,31-32,35H2,1-5H3,(H,70,83)(H,72,73)(H,74,81,84)/t40-,41?,43?,44?,45?,54?/m0/s1. The fourth-order valence-corrected chi connectivity index (χ4v) is 15.4. The fraction of sp³-hybridized carbons (Fsp3) is 0.522. The number of carbonyl (C=O) groups is 8. The molecule has 8 heterocycles. The summed E-state index contributed by atoms with van der Waals surface area (Å²) in [6.45, 7) is 13.7. The lowest BCUT2D eigenvalue weighted by Gasteiger charge is -2.48. The zero-order valence-corrected chi connectivity index (χ0v) is 51.0. The van der Waals surface area contributed by atoms with Gasteiger partial charge in [-0.2, -0.15) is 0 Å². The van der Waals surface area contributed by atoms with Crippen LogP contribution in [0.3, 0.4) is 0 Å². The number of halogens is 1. The van der Waals surface area contributed by atoms with E-state index in [1.165, 1.54) is 31.4 Å². The SMILES string of the molecule is Cc1cc(F)c(Nc2nc(-c3ccc4c(c3)N(C3CC(N5CCCCC5)C3)C(=O)C43CCN(C(=O)C[C@@H]4CCN(C(=O)C5CCC(Nc6cccc7c6C(=O)N(C6CCC(=O)NC6=O)C7=O)CC5)C4)CC3)cc3ncn(C(C)C)c23)cc1C(=O)NC(C)C. The molecular formula is C67H79FN12O8. The smallest absolute Gasteiger partial charge is 0.264 e. The van der Waals surface area contributed by atoms with Crippen molar-refractivity contribution < 1.29 is 42.7 Å². The number of amides is 8. The molecule has 2 saturated carbocycles. The van der Waals surface area contributed by atoms with Gasteiger partial charge in [-0.15, -0.1) is 0 Å². The van der Waals surface area contributed by atoms with Crippen LogP contribution in [0, 0.1) is 24.6 Å². The largest absolute Gasteiger partial charge is 0.382 e. The second kappa shape index (κ2) is 23.5. The Morgan fingerprint density at radius 3 is 2.28 bits per heavy atom. The molecule has 0 bridgehead atoms. The summed E-state index contributed by atoms with van der Waals surface area (Å²) in [6, 6.07) is 15.3. The third-order valence-electron chi connectivity index (χ3n) is 20.3. The first-order valence-corrected chi connectivity index (χ1v) is 32.0. The zero-order valence-electron chi connectivity index (χ0n) is 51.0. The Kier molecular flexibility index (Phi) is 15.7. The molecule has 6 fully saturated rings.